The van der Waals surface area contributed by atoms with E-state index in [-0.39, 0.29) is 0 Å². The molecule has 0 N–H and O–H groups in total. The Morgan fingerprint density at radius 3 is 2.62 bits per heavy atom. The predicted octanol–water partition coefficient (Wildman–Crippen LogP) is 2.78. The zero-order valence-electron chi connectivity index (χ0n) is 13.9. The van der Waals surface area contributed by atoms with E-state index in [0.29, 0.717) is 29.9 Å². The molecule has 0 bridgehead atoms. The van der Waals surface area contributed by atoms with Crippen molar-refractivity contribution in [2.75, 3.05) is 13.1 Å². The molecule has 1 saturated heterocycles. The van der Waals surface area contributed by atoms with Gasteiger partial charge >= 0.3 is 0 Å². The molecule has 2 heterocycles. The molecule has 0 radical (unpaired) electrons. The van der Waals surface area contributed by atoms with Crippen LogP contribution >= 0.6 is 0 Å². The maximum atomic E-state index is 12.7. The molecule has 1 aromatic carbocycles. The van der Waals surface area contributed by atoms with Gasteiger partial charge in [0.1, 0.15) is 5.82 Å². The Morgan fingerprint density at radius 2 is 1.92 bits per heavy atom. The van der Waals surface area contributed by atoms with Crippen molar-refractivity contribution in [3.63, 3.8) is 0 Å². The zero-order chi connectivity index (χ0) is 16.7. The predicted molar refractivity (Wildman–Crippen MR) is 92.2 cm³/mol. The fraction of sp³-hybridized carbons (Fsp3) is 0.500. The average Bonchev–Trinajstić information content (AvgIpc) is 3.18. The second kappa shape index (κ2) is 6.01. The second-order valence-electron chi connectivity index (χ2n) is 6.95. The highest BCUT2D eigenvalue weighted by atomic mass is 32.2. The lowest BCUT2D eigenvalue weighted by atomic mass is 10.0. The van der Waals surface area contributed by atoms with E-state index in [9.17, 15) is 8.42 Å². The van der Waals surface area contributed by atoms with Gasteiger partial charge in [-0.25, -0.2) is 13.4 Å². The largest absolute Gasteiger partial charge is 0.329 e. The van der Waals surface area contributed by atoms with E-state index in [1.54, 1.807) is 28.6 Å². The number of imidazole rings is 1. The highest BCUT2D eigenvalue weighted by Gasteiger charge is 2.34. The van der Waals surface area contributed by atoms with Crippen LogP contribution in [-0.4, -0.2) is 35.4 Å². The number of rotatable bonds is 5. The fourth-order valence-corrected chi connectivity index (χ4v) is 5.21. The summed E-state index contributed by atoms with van der Waals surface area (Å²) in [7, 11) is -3.37. The molecule has 0 amide bonds. The van der Waals surface area contributed by atoms with E-state index < -0.39 is 10.0 Å². The third-order valence-electron chi connectivity index (χ3n) is 5.07. The van der Waals surface area contributed by atoms with Gasteiger partial charge in [0.2, 0.25) is 10.0 Å². The van der Waals surface area contributed by atoms with Crippen LogP contribution in [0.1, 0.15) is 36.8 Å². The Hall–Kier alpha value is -1.66. The van der Waals surface area contributed by atoms with Crippen molar-refractivity contribution in [3.05, 3.63) is 48.0 Å². The Kier molecular flexibility index (Phi) is 3.96. The summed E-state index contributed by atoms with van der Waals surface area (Å²) in [5, 5.41) is 0. The second-order valence-corrected chi connectivity index (χ2v) is 8.89. The summed E-state index contributed by atoms with van der Waals surface area (Å²) < 4.78 is 29.4. The molecule has 2 aliphatic rings. The third kappa shape index (κ3) is 2.89. The molecule has 5 nitrogen and oxygen atoms in total. The average molecular weight is 345 g/mol. The molecule has 1 aliphatic carbocycles. The summed E-state index contributed by atoms with van der Waals surface area (Å²) >= 11 is 0. The van der Waals surface area contributed by atoms with Crippen LogP contribution in [-0.2, 0) is 16.4 Å². The molecule has 1 unspecified atom stereocenters. The number of benzene rings is 1. The normalized spacial score (nSPS) is 22.1. The van der Waals surface area contributed by atoms with E-state index >= 15 is 0 Å². The van der Waals surface area contributed by atoms with E-state index in [2.05, 4.69) is 16.5 Å². The lowest BCUT2D eigenvalue weighted by Gasteiger charge is -2.17. The Labute approximate surface area is 143 Å². The lowest BCUT2D eigenvalue weighted by molar-refractivity contribution is 0.449. The van der Waals surface area contributed by atoms with Crippen LogP contribution in [0.25, 0.3) is 0 Å². The van der Waals surface area contributed by atoms with Crippen LogP contribution in [0.15, 0.2) is 41.4 Å². The number of aryl methyl sites for hydroxylation is 1. The van der Waals surface area contributed by atoms with E-state index in [1.807, 2.05) is 12.3 Å². The summed E-state index contributed by atoms with van der Waals surface area (Å²) in [6.45, 7) is 3.30. The maximum Gasteiger partial charge on any atom is 0.243 e. The first kappa shape index (κ1) is 15.8. The van der Waals surface area contributed by atoms with Gasteiger partial charge in [0.05, 0.1) is 4.90 Å². The van der Waals surface area contributed by atoms with Gasteiger partial charge in [-0.2, -0.15) is 4.31 Å². The fourth-order valence-electron chi connectivity index (χ4n) is 3.66. The standard InChI is InChI=1S/C18H23N3O2S/c1-14-12-19-18(21(14)16-7-8-16)11-15-9-10-20(13-15)24(22,23)17-5-3-2-4-6-17/h2-6,12,15-16H,7-11,13H2,1H3. The van der Waals surface area contributed by atoms with Gasteiger partial charge in [-0.15, -0.1) is 0 Å². The molecule has 2 fully saturated rings. The van der Waals surface area contributed by atoms with Crippen LogP contribution < -0.4 is 0 Å². The van der Waals surface area contributed by atoms with Crippen molar-refractivity contribution in [2.24, 2.45) is 5.92 Å². The van der Waals surface area contributed by atoms with Crippen molar-refractivity contribution < 1.29 is 8.42 Å². The molecule has 6 heteroatoms. The van der Waals surface area contributed by atoms with Gasteiger partial charge < -0.3 is 4.57 Å². The molecule has 1 atom stereocenters. The van der Waals surface area contributed by atoms with Crippen molar-refractivity contribution in [1.82, 2.24) is 13.9 Å². The number of sulfonamides is 1. The molecule has 1 aromatic heterocycles. The van der Waals surface area contributed by atoms with E-state index in [4.69, 9.17) is 0 Å². The quantitative estimate of drug-likeness (QED) is 0.837. The van der Waals surface area contributed by atoms with Crippen molar-refractivity contribution in [2.45, 2.75) is 43.5 Å². The molecule has 24 heavy (non-hydrogen) atoms. The highest BCUT2D eigenvalue weighted by molar-refractivity contribution is 7.89. The highest BCUT2D eigenvalue weighted by Crippen LogP contribution is 2.38. The molecule has 1 saturated carbocycles. The minimum Gasteiger partial charge on any atom is -0.329 e. The number of hydrogen-bond donors (Lipinski definition) is 0. The van der Waals surface area contributed by atoms with Crippen molar-refractivity contribution in [3.8, 4) is 0 Å². The first-order valence-electron chi connectivity index (χ1n) is 8.63. The zero-order valence-corrected chi connectivity index (χ0v) is 14.7. The van der Waals surface area contributed by atoms with Gasteiger partial charge in [0, 0.05) is 37.4 Å². The van der Waals surface area contributed by atoms with E-state index in [1.165, 1.54) is 18.5 Å². The number of nitrogens with zero attached hydrogens (tertiary/aromatic N) is 3. The molecular weight excluding hydrogens is 322 g/mol. The molecule has 128 valence electrons. The van der Waals surface area contributed by atoms with Crippen LogP contribution in [0, 0.1) is 12.8 Å². The SMILES string of the molecule is Cc1cnc(CC2CCN(S(=O)(=O)c3ccccc3)C2)n1C1CC1. The summed E-state index contributed by atoms with van der Waals surface area (Å²) in [5.41, 5.74) is 1.22. The van der Waals surface area contributed by atoms with Crippen LogP contribution in [0.5, 0.6) is 0 Å². The van der Waals surface area contributed by atoms with Gasteiger partial charge in [-0.3, -0.25) is 0 Å². The first-order valence-corrected chi connectivity index (χ1v) is 10.1. The minimum absolute atomic E-state index is 0.350. The van der Waals surface area contributed by atoms with Crippen LogP contribution in [0.2, 0.25) is 0 Å². The summed E-state index contributed by atoms with van der Waals surface area (Å²) in [6.07, 6.45) is 6.20. The van der Waals surface area contributed by atoms with E-state index in [0.717, 1.165) is 18.7 Å². The van der Waals surface area contributed by atoms with Crippen molar-refractivity contribution >= 4 is 10.0 Å². The molecule has 1 aliphatic heterocycles. The number of aromatic nitrogens is 2. The summed E-state index contributed by atoms with van der Waals surface area (Å²) in [4.78, 5) is 4.97. The van der Waals surface area contributed by atoms with Crippen LogP contribution in [0.4, 0.5) is 0 Å². The smallest absolute Gasteiger partial charge is 0.243 e. The third-order valence-corrected chi connectivity index (χ3v) is 6.95. The topological polar surface area (TPSA) is 55.2 Å². The van der Waals surface area contributed by atoms with Gasteiger partial charge in [-0.1, -0.05) is 18.2 Å². The number of hydrogen-bond acceptors (Lipinski definition) is 3. The molecular formula is C18H23N3O2S. The molecule has 4 rings (SSSR count). The first-order chi connectivity index (χ1) is 11.6. The minimum atomic E-state index is -3.37. The van der Waals surface area contributed by atoms with Crippen molar-refractivity contribution in [1.29, 1.82) is 0 Å². The molecule has 0 spiro atoms. The summed E-state index contributed by atoms with van der Waals surface area (Å²) in [5.74, 6) is 1.47. The maximum absolute atomic E-state index is 12.7. The lowest BCUT2D eigenvalue weighted by Crippen LogP contribution is -2.29. The van der Waals surface area contributed by atoms with Gasteiger partial charge in [0.25, 0.3) is 0 Å². The van der Waals surface area contributed by atoms with Gasteiger partial charge in [-0.05, 0) is 44.2 Å². The monoisotopic (exact) mass is 345 g/mol. The Balaban J connectivity index is 1.47. The summed E-state index contributed by atoms with van der Waals surface area (Å²) in [6, 6.07) is 9.35. The Bertz CT molecular complexity index is 825. The van der Waals surface area contributed by atoms with Crippen LogP contribution in [0.3, 0.4) is 0 Å². The van der Waals surface area contributed by atoms with Gasteiger partial charge in [0.15, 0.2) is 0 Å². The molecule has 2 aromatic rings. The Morgan fingerprint density at radius 1 is 1.17 bits per heavy atom.